The van der Waals surface area contributed by atoms with Gasteiger partial charge < -0.3 is 20.1 Å². The fourth-order valence-corrected chi connectivity index (χ4v) is 4.44. The number of nitrogens with one attached hydrogen (secondary N) is 2. The second-order valence-electron chi connectivity index (χ2n) is 8.04. The predicted octanol–water partition coefficient (Wildman–Crippen LogP) is 6.26. The number of nitrogens with zero attached hydrogens (tertiary/aromatic N) is 4. The molecule has 190 valence electrons. The highest BCUT2D eigenvalue weighted by atomic mass is 35.5. The van der Waals surface area contributed by atoms with Crippen molar-refractivity contribution in [1.29, 1.82) is 5.26 Å². The Hall–Kier alpha value is -3.74. The van der Waals surface area contributed by atoms with Crippen molar-refractivity contribution >= 4 is 45.8 Å². The first kappa shape index (κ1) is 26.3. The summed E-state index contributed by atoms with van der Waals surface area (Å²) in [6, 6.07) is 15.4. The number of ether oxygens (including phenoxy) is 2. The van der Waals surface area contributed by atoms with E-state index in [0.29, 0.717) is 45.3 Å². The van der Waals surface area contributed by atoms with E-state index in [2.05, 4.69) is 31.7 Å². The molecule has 0 bridgehead atoms. The van der Waals surface area contributed by atoms with Gasteiger partial charge in [-0.15, -0.1) is 0 Å². The van der Waals surface area contributed by atoms with Crippen LogP contribution in [0.1, 0.15) is 18.4 Å². The van der Waals surface area contributed by atoms with Crippen LogP contribution in [-0.4, -0.2) is 48.5 Å². The fourth-order valence-electron chi connectivity index (χ4n) is 3.91. The number of fused-ring (bicyclic) bond motifs is 1. The maximum Gasteiger partial charge on any atom is 0.189 e. The fraction of sp³-hybridized carbons (Fsp3) is 0.259. The molecule has 0 aliphatic heterocycles. The van der Waals surface area contributed by atoms with Gasteiger partial charge in [0.2, 0.25) is 0 Å². The second-order valence-corrected chi connectivity index (χ2v) is 9.25. The number of halogens is 1. The van der Waals surface area contributed by atoms with Gasteiger partial charge in [-0.05, 0) is 61.6 Å². The maximum atomic E-state index is 9.97. The minimum atomic E-state index is 0.394. The molecule has 10 heteroatoms. The van der Waals surface area contributed by atoms with Gasteiger partial charge in [-0.2, -0.15) is 5.26 Å². The maximum absolute atomic E-state index is 9.97. The average Bonchev–Trinajstić information content (AvgIpc) is 2.93. The minimum Gasteiger partial charge on any atom is -0.493 e. The Kier molecular flexibility index (Phi) is 8.88. The van der Waals surface area contributed by atoms with Crippen molar-refractivity contribution in [3.05, 3.63) is 59.2 Å². The van der Waals surface area contributed by atoms with Crippen LogP contribution in [0.4, 0.5) is 11.5 Å². The Balaban J connectivity index is 1.42. The van der Waals surface area contributed by atoms with Crippen LogP contribution in [0.2, 0.25) is 5.02 Å². The first-order valence-electron chi connectivity index (χ1n) is 11.7. The van der Waals surface area contributed by atoms with E-state index in [1.54, 1.807) is 26.5 Å². The summed E-state index contributed by atoms with van der Waals surface area (Å²) in [7, 11) is 3.16. The summed E-state index contributed by atoms with van der Waals surface area (Å²) < 4.78 is 10.8. The number of benzene rings is 2. The van der Waals surface area contributed by atoms with Gasteiger partial charge in [0.15, 0.2) is 16.7 Å². The van der Waals surface area contributed by atoms with Crippen LogP contribution in [0.15, 0.2) is 53.8 Å². The zero-order valence-corrected chi connectivity index (χ0v) is 22.4. The van der Waals surface area contributed by atoms with E-state index < -0.39 is 0 Å². The third-order valence-corrected chi connectivity index (χ3v) is 6.54. The van der Waals surface area contributed by atoms with Gasteiger partial charge in [-0.25, -0.2) is 9.97 Å². The van der Waals surface area contributed by atoms with Crippen LogP contribution in [0.5, 0.6) is 11.5 Å². The highest BCUT2D eigenvalue weighted by Gasteiger charge is 2.17. The van der Waals surface area contributed by atoms with Gasteiger partial charge >= 0.3 is 0 Å². The molecule has 4 rings (SSSR count). The Labute approximate surface area is 225 Å². The number of hydrogen-bond acceptors (Lipinski definition) is 9. The van der Waals surface area contributed by atoms with Crippen molar-refractivity contribution in [1.82, 2.24) is 15.0 Å². The van der Waals surface area contributed by atoms with Gasteiger partial charge in [-0.3, -0.25) is 4.98 Å². The third-order valence-electron chi connectivity index (χ3n) is 5.76. The topological polar surface area (TPSA) is 105 Å². The van der Waals surface area contributed by atoms with E-state index in [9.17, 15) is 5.26 Å². The van der Waals surface area contributed by atoms with Crippen LogP contribution in [0.25, 0.3) is 22.2 Å². The normalized spacial score (nSPS) is 10.7. The van der Waals surface area contributed by atoms with Crippen molar-refractivity contribution in [2.75, 3.05) is 44.2 Å². The molecular formula is C27H27ClN6O2S. The molecule has 0 radical (unpaired) electrons. The van der Waals surface area contributed by atoms with Gasteiger partial charge in [0.1, 0.15) is 17.5 Å². The van der Waals surface area contributed by atoms with E-state index in [4.69, 9.17) is 21.1 Å². The molecule has 8 nitrogen and oxygen atoms in total. The Bertz CT molecular complexity index is 1440. The highest BCUT2D eigenvalue weighted by molar-refractivity contribution is 7.98. The molecule has 0 aliphatic carbocycles. The number of nitriles is 1. The molecule has 0 fully saturated rings. The summed E-state index contributed by atoms with van der Waals surface area (Å²) in [4.78, 5) is 13.6. The smallest absolute Gasteiger partial charge is 0.189 e. The second kappa shape index (κ2) is 12.5. The van der Waals surface area contributed by atoms with Crippen LogP contribution < -0.4 is 20.1 Å². The molecule has 0 aliphatic rings. The van der Waals surface area contributed by atoms with E-state index in [0.717, 1.165) is 41.5 Å². The Morgan fingerprint density at radius 1 is 0.973 bits per heavy atom. The molecular weight excluding hydrogens is 508 g/mol. The molecule has 2 heterocycles. The van der Waals surface area contributed by atoms with E-state index in [1.165, 1.54) is 11.8 Å². The number of unbranched alkanes of at least 4 members (excludes halogenated alkanes) is 1. The quantitative estimate of drug-likeness (QED) is 0.131. The lowest BCUT2D eigenvalue weighted by Gasteiger charge is -2.14. The van der Waals surface area contributed by atoms with Gasteiger partial charge in [-0.1, -0.05) is 23.4 Å². The summed E-state index contributed by atoms with van der Waals surface area (Å²) in [6.45, 7) is 1.46. The van der Waals surface area contributed by atoms with Gasteiger partial charge in [0.05, 0.1) is 25.4 Å². The molecule has 2 aromatic heterocycles. The molecule has 0 spiro atoms. The molecule has 37 heavy (non-hydrogen) atoms. The van der Waals surface area contributed by atoms with Crippen molar-refractivity contribution in [3.63, 3.8) is 0 Å². The molecule has 0 atom stereocenters. The molecule has 2 N–H and O–H groups in total. The number of hydrogen-bond donors (Lipinski definition) is 2. The largest absolute Gasteiger partial charge is 0.493 e. The summed E-state index contributed by atoms with van der Waals surface area (Å²) in [6.07, 6.45) is 5.50. The molecule has 0 unspecified atom stereocenters. The van der Waals surface area contributed by atoms with Crippen molar-refractivity contribution in [2.45, 2.75) is 18.0 Å². The lowest BCUT2D eigenvalue weighted by atomic mass is 10.1. The van der Waals surface area contributed by atoms with Crippen LogP contribution >= 0.6 is 23.4 Å². The first-order valence-corrected chi connectivity index (χ1v) is 13.3. The molecule has 0 saturated heterocycles. The SMILES string of the molecule is COc1ccc(-c2nc(SC)nc(NCCCCNc3ccnc4cc(Cl)ccc34)c2C#N)cc1OC. The summed E-state index contributed by atoms with van der Waals surface area (Å²) in [5.74, 6) is 1.70. The molecule has 0 saturated carbocycles. The number of aromatic nitrogens is 3. The number of pyridine rings is 1. The average molecular weight is 535 g/mol. The lowest BCUT2D eigenvalue weighted by Crippen LogP contribution is -2.10. The van der Waals surface area contributed by atoms with Gasteiger partial charge in [0.25, 0.3) is 0 Å². The number of rotatable bonds is 11. The van der Waals surface area contributed by atoms with Crippen LogP contribution in [0.3, 0.4) is 0 Å². The van der Waals surface area contributed by atoms with Gasteiger partial charge in [0, 0.05) is 40.9 Å². The molecule has 0 amide bonds. The zero-order chi connectivity index (χ0) is 26.2. The van der Waals surface area contributed by atoms with E-state index in [-0.39, 0.29) is 0 Å². The predicted molar refractivity (Wildman–Crippen MR) is 150 cm³/mol. The Morgan fingerprint density at radius 3 is 2.49 bits per heavy atom. The first-order chi connectivity index (χ1) is 18.1. The monoisotopic (exact) mass is 534 g/mol. The summed E-state index contributed by atoms with van der Waals surface area (Å²) >= 11 is 7.51. The molecule has 2 aromatic carbocycles. The number of methoxy groups -OCH3 is 2. The number of anilines is 2. The standard InChI is InChI=1S/C27H27ClN6O2S/c1-35-23-9-6-17(14-24(23)36-2)25-20(16-29)26(34-27(33-25)37-3)32-12-5-4-11-30-21-10-13-31-22-15-18(28)7-8-19(21)22/h6-10,13-15H,4-5,11-12H2,1-3H3,(H,30,31)(H,32,33,34). The van der Waals surface area contributed by atoms with Crippen molar-refractivity contribution < 1.29 is 9.47 Å². The van der Waals surface area contributed by atoms with E-state index >= 15 is 0 Å². The van der Waals surface area contributed by atoms with Crippen LogP contribution in [-0.2, 0) is 0 Å². The van der Waals surface area contributed by atoms with Crippen molar-refractivity contribution in [3.8, 4) is 28.8 Å². The number of thioether (sulfide) groups is 1. The molecule has 4 aromatic rings. The zero-order valence-electron chi connectivity index (χ0n) is 20.8. The summed E-state index contributed by atoms with van der Waals surface area (Å²) in [5, 5.41) is 19.1. The minimum absolute atomic E-state index is 0.394. The van der Waals surface area contributed by atoms with Crippen LogP contribution in [0, 0.1) is 11.3 Å². The van der Waals surface area contributed by atoms with Crippen molar-refractivity contribution in [2.24, 2.45) is 0 Å². The third kappa shape index (κ3) is 6.16. The highest BCUT2D eigenvalue weighted by Crippen LogP contribution is 2.35. The Morgan fingerprint density at radius 2 is 1.76 bits per heavy atom. The lowest BCUT2D eigenvalue weighted by molar-refractivity contribution is 0.355. The van der Waals surface area contributed by atoms with E-state index in [1.807, 2.05) is 42.7 Å². The summed E-state index contributed by atoms with van der Waals surface area (Å²) in [5.41, 5.74) is 3.59.